The number of rotatable bonds is 8. The van der Waals surface area contributed by atoms with Gasteiger partial charge in [-0.1, -0.05) is 24.3 Å². The largest absolute Gasteiger partial charge is 0.334 e. The molecule has 0 aliphatic heterocycles. The van der Waals surface area contributed by atoms with E-state index in [0.29, 0.717) is 13.1 Å². The molecule has 0 fully saturated rings. The molecule has 2 heterocycles. The number of aromatic nitrogens is 2. The highest BCUT2D eigenvalue weighted by Gasteiger charge is 2.04. The van der Waals surface area contributed by atoms with E-state index in [1.165, 1.54) is 0 Å². The first kappa shape index (κ1) is 23.4. The number of nitrogens with zero attached hydrogens (tertiary/aromatic N) is 2. The van der Waals surface area contributed by atoms with Crippen molar-refractivity contribution in [1.82, 2.24) is 20.6 Å². The molecule has 0 aliphatic carbocycles. The fourth-order valence-corrected chi connectivity index (χ4v) is 3.36. The highest BCUT2D eigenvalue weighted by molar-refractivity contribution is 5.89. The monoisotopic (exact) mass is 466 g/mol. The van der Waals surface area contributed by atoms with Crippen molar-refractivity contribution in [2.24, 2.45) is 0 Å². The van der Waals surface area contributed by atoms with Crippen LogP contribution in [0.15, 0.2) is 97.6 Å². The fraction of sp³-hybridized carbons (Fsp3) is 0.111. The molecular weight excluding hydrogens is 440 g/mol. The SMILES string of the molecule is O=C(NCc1ccncc1)Nc1ccc(Cc2ccc(NC(=O)NCc3ccncc3)cc2)cc1. The van der Waals surface area contributed by atoms with Crippen LogP contribution < -0.4 is 21.3 Å². The molecule has 0 aliphatic rings. The Balaban J connectivity index is 1.21. The summed E-state index contributed by atoms with van der Waals surface area (Å²) in [5.74, 6) is 0. The van der Waals surface area contributed by atoms with E-state index in [2.05, 4.69) is 31.2 Å². The van der Waals surface area contributed by atoms with Crippen LogP contribution in [0, 0.1) is 0 Å². The van der Waals surface area contributed by atoms with E-state index in [1.54, 1.807) is 24.8 Å². The summed E-state index contributed by atoms with van der Waals surface area (Å²) in [4.78, 5) is 32.1. The van der Waals surface area contributed by atoms with Crippen LogP contribution in [-0.4, -0.2) is 22.0 Å². The Kier molecular flexibility index (Phi) is 8.00. The van der Waals surface area contributed by atoms with E-state index in [4.69, 9.17) is 0 Å². The molecule has 8 heteroatoms. The van der Waals surface area contributed by atoms with Crippen molar-refractivity contribution in [3.05, 3.63) is 120 Å². The molecule has 0 saturated heterocycles. The van der Waals surface area contributed by atoms with Crippen LogP contribution >= 0.6 is 0 Å². The Hall–Kier alpha value is -4.72. The standard InChI is InChI=1S/C27H26N6O2/c34-26(30-18-22-9-13-28-14-10-22)32-24-5-1-20(2-6-24)17-21-3-7-25(8-4-21)33-27(35)31-19-23-11-15-29-16-12-23/h1-16H,17-19H2,(H2,30,32,34)(H2,31,33,35). The van der Waals surface area contributed by atoms with Crippen LogP contribution in [0.2, 0.25) is 0 Å². The van der Waals surface area contributed by atoms with Crippen molar-refractivity contribution < 1.29 is 9.59 Å². The van der Waals surface area contributed by atoms with E-state index in [1.807, 2.05) is 72.8 Å². The number of carbonyl (C=O) groups is 2. The summed E-state index contributed by atoms with van der Waals surface area (Å²) in [5.41, 5.74) is 5.64. The highest BCUT2D eigenvalue weighted by Crippen LogP contribution is 2.16. The van der Waals surface area contributed by atoms with Crippen LogP contribution in [-0.2, 0) is 19.5 Å². The van der Waals surface area contributed by atoms with Gasteiger partial charge in [0.05, 0.1) is 0 Å². The molecule has 35 heavy (non-hydrogen) atoms. The molecule has 0 spiro atoms. The third kappa shape index (κ3) is 7.68. The van der Waals surface area contributed by atoms with Gasteiger partial charge in [0.1, 0.15) is 0 Å². The first-order valence-electron chi connectivity index (χ1n) is 11.2. The molecular formula is C27H26N6O2. The summed E-state index contributed by atoms with van der Waals surface area (Å²) in [7, 11) is 0. The predicted molar refractivity (Wildman–Crippen MR) is 136 cm³/mol. The van der Waals surface area contributed by atoms with Crippen molar-refractivity contribution >= 4 is 23.4 Å². The zero-order valence-electron chi connectivity index (χ0n) is 19.1. The van der Waals surface area contributed by atoms with Crippen LogP contribution in [0.1, 0.15) is 22.3 Å². The number of carbonyl (C=O) groups excluding carboxylic acids is 2. The van der Waals surface area contributed by atoms with Crippen molar-refractivity contribution in [3.63, 3.8) is 0 Å². The lowest BCUT2D eigenvalue weighted by atomic mass is 10.0. The van der Waals surface area contributed by atoms with E-state index < -0.39 is 0 Å². The maximum absolute atomic E-state index is 12.1. The van der Waals surface area contributed by atoms with Gasteiger partial charge < -0.3 is 21.3 Å². The Morgan fingerprint density at radius 1 is 0.514 bits per heavy atom. The van der Waals surface area contributed by atoms with Gasteiger partial charge in [-0.25, -0.2) is 9.59 Å². The fourth-order valence-electron chi connectivity index (χ4n) is 3.36. The number of urea groups is 2. The van der Waals surface area contributed by atoms with Crippen LogP contribution in [0.5, 0.6) is 0 Å². The number of benzene rings is 2. The first-order valence-corrected chi connectivity index (χ1v) is 11.2. The van der Waals surface area contributed by atoms with Gasteiger partial charge in [0, 0.05) is 49.3 Å². The van der Waals surface area contributed by atoms with Gasteiger partial charge in [-0.2, -0.15) is 0 Å². The van der Waals surface area contributed by atoms with Crippen molar-refractivity contribution in [2.75, 3.05) is 10.6 Å². The third-order valence-electron chi connectivity index (χ3n) is 5.24. The number of pyridine rings is 2. The molecule has 0 unspecified atom stereocenters. The normalized spacial score (nSPS) is 10.3. The molecule has 4 N–H and O–H groups in total. The Labute approximate surface area is 203 Å². The smallest absolute Gasteiger partial charge is 0.319 e. The topological polar surface area (TPSA) is 108 Å². The lowest BCUT2D eigenvalue weighted by Gasteiger charge is -2.10. The van der Waals surface area contributed by atoms with Gasteiger partial charge in [0.25, 0.3) is 0 Å². The van der Waals surface area contributed by atoms with Gasteiger partial charge in [0.15, 0.2) is 0 Å². The van der Waals surface area contributed by atoms with Crippen LogP contribution in [0.25, 0.3) is 0 Å². The average Bonchev–Trinajstić information content (AvgIpc) is 2.90. The van der Waals surface area contributed by atoms with Crippen LogP contribution in [0.4, 0.5) is 21.0 Å². The van der Waals surface area contributed by atoms with E-state index in [0.717, 1.165) is 40.0 Å². The summed E-state index contributed by atoms with van der Waals surface area (Å²) >= 11 is 0. The number of hydrogen-bond donors (Lipinski definition) is 4. The third-order valence-corrected chi connectivity index (χ3v) is 5.24. The minimum atomic E-state index is -0.262. The van der Waals surface area contributed by atoms with Gasteiger partial charge in [-0.3, -0.25) is 9.97 Å². The molecule has 4 amide bonds. The summed E-state index contributed by atoms with van der Waals surface area (Å²) in [5, 5.41) is 11.3. The van der Waals surface area contributed by atoms with E-state index >= 15 is 0 Å². The minimum Gasteiger partial charge on any atom is -0.334 e. The molecule has 8 nitrogen and oxygen atoms in total. The molecule has 2 aromatic heterocycles. The molecule has 4 aromatic rings. The molecule has 0 saturated carbocycles. The minimum absolute atomic E-state index is 0.262. The molecule has 0 bridgehead atoms. The summed E-state index contributed by atoms with van der Waals surface area (Å²) in [6, 6.07) is 22.4. The van der Waals surface area contributed by atoms with Crippen molar-refractivity contribution in [3.8, 4) is 0 Å². The van der Waals surface area contributed by atoms with Gasteiger partial charge in [-0.15, -0.1) is 0 Å². The molecule has 0 radical (unpaired) electrons. The maximum atomic E-state index is 12.1. The Morgan fingerprint density at radius 2 is 0.886 bits per heavy atom. The summed E-state index contributed by atoms with van der Waals surface area (Å²) in [6.07, 6.45) is 7.52. The number of amides is 4. The average molecular weight is 467 g/mol. The number of hydrogen-bond acceptors (Lipinski definition) is 4. The molecule has 4 rings (SSSR count). The highest BCUT2D eigenvalue weighted by atomic mass is 16.2. The van der Waals surface area contributed by atoms with Gasteiger partial charge in [0.2, 0.25) is 0 Å². The lowest BCUT2D eigenvalue weighted by molar-refractivity contribution is 0.251. The Morgan fingerprint density at radius 3 is 1.26 bits per heavy atom. The molecule has 176 valence electrons. The zero-order chi connectivity index (χ0) is 24.3. The number of nitrogens with one attached hydrogen (secondary N) is 4. The van der Waals surface area contributed by atoms with Gasteiger partial charge in [-0.05, 0) is 77.2 Å². The quantitative estimate of drug-likeness (QED) is 0.302. The van der Waals surface area contributed by atoms with Crippen molar-refractivity contribution in [1.29, 1.82) is 0 Å². The lowest BCUT2D eigenvalue weighted by Crippen LogP contribution is -2.28. The van der Waals surface area contributed by atoms with Gasteiger partial charge >= 0.3 is 12.1 Å². The van der Waals surface area contributed by atoms with Crippen LogP contribution in [0.3, 0.4) is 0 Å². The number of anilines is 2. The second kappa shape index (κ2) is 11.9. The predicted octanol–water partition coefficient (Wildman–Crippen LogP) is 4.71. The second-order valence-electron chi connectivity index (χ2n) is 7.90. The molecule has 2 aromatic carbocycles. The zero-order valence-corrected chi connectivity index (χ0v) is 19.1. The summed E-state index contributed by atoms with van der Waals surface area (Å²) in [6.45, 7) is 0.868. The maximum Gasteiger partial charge on any atom is 0.319 e. The molecule has 0 atom stereocenters. The summed E-state index contributed by atoms with van der Waals surface area (Å²) < 4.78 is 0. The first-order chi connectivity index (χ1) is 17.1. The van der Waals surface area contributed by atoms with E-state index in [9.17, 15) is 9.59 Å². The second-order valence-corrected chi connectivity index (χ2v) is 7.90. The van der Waals surface area contributed by atoms with Crippen molar-refractivity contribution in [2.45, 2.75) is 19.5 Å². The Bertz CT molecular complexity index is 1130. The van der Waals surface area contributed by atoms with E-state index in [-0.39, 0.29) is 12.1 Å².